The predicted octanol–water partition coefficient (Wildman–Crippen LogP) is 2.19. The monoisotopic (exact) mass is 236 g/mol. The normalized spacial score (nSPS) is 11.2. The molecule has 6 heteroatoms. The van der Waals surface area contributed by atoms with E-state index in [1.165, 1.54) is 14.2 Å². The first-order valence-corrected chi connectivity index (χ1v) is 7.03. The molecule has 0 spiro atoms. The van der Waals surface area contributed by atoms with Crippen LogP contribution < -0.4 is 0 Å². The van der Waals surface area contributed by atoms with Crippen molar-refractivity contribution in [3.63, 3.8) is 0 Å². The molecule has 0 radical (unpaired) electrons. The van der Waals surface area contributed by atoms with E-state index in [2.05, 4.69) is 0 Å². The van der Waals surface area contributed by atoms with E-state index in [0.717, 1.165) is 12.8 Å². The second-order valence-corrected chi connectivity index (χ2v) is 5.93. The van der Waals surface area contributed by atoms with Crippen LogP contribution >= 0.6 is 0 Å². The molecule has 0 unspecified atom stereocenters. The number of carbonyl (C=O) groups is 1. The van der Waals surface area contributed by atoms with Crippen molar-refractivity contribution >= 4 is 15.0 Å². The molecule has 0 amide bonds. The predicted molar refractivity (Wildman–Crippen MR) is 57.6 cm³/mol. The Hall–Kier alpha value is -0.593. The molecule has 15 heavy (non-hydrogen) atoms. The maximum atomic E-state index is 11.2. The molecule has 0 aliphatic rings. The highest BCUT2D eigenvalue weighted by Crippen LogP contribution is 2.16. The van der Waals surface area contributed by atoms with Gasteiger partial charge in [-0.1, -0.05) is 20.3 Å². The Morgan fingerprint density at radius 1 is 1.13 bits per heavy atom. The Balaban J connectivity index is 4.19. The van der Waals surface area contributed by atoms with E-state index >= 15 is 0 Å². The first kappa shape index (κ1) is 14.4. The minimum atomic E-state index is -2.83. The van der Waals surface area contributed by atoms with Gasteiger partial charge in [0.25, 0.3) is 0 Å². The van der Waals surface area contributed by atoms with E-state index in [-0.39, 0.29) is 0 Å². The molecule has 0 aromatic carbocycles. The topological polar surface area (TPSA) is 54.0 Å². The third-order valence-corrected chi connectivity index (χ3v) is 4.68. The minimum Gasteiger partial charge on any atom is -0.441 e. The first-order chi connectivity index (χ1) is 7.14. The third kappa shape index (κ3) is 5.15. The van der Waals surface area contributed by atoms with Crippen molar-refractivity contribution in [2.75, 3.05) is 20.8 Å². The van der Waals surface area contributed by atoms with Crippen LogP contribution in [0.25, 0.3) is 0 Å². The number of carbonyl (C=O) groups excluding carboxylic acids is 1. The molecule has 5 nitrogen and oxygen atoms in total. The smallest absolute Gasteiger partial charge is 0.441 e. The molecule has 0 aromatic rings. The summed E-state index contributed by atoms with van der Waals surface area (Å²) in [4.78, 5) is 11.2. The average Bonchev–Trinajstić information content (AvgIpc) is 2.25. The molecule has 0 saturated heterocycles. The summed E-state index contributed by atoms with van der Waals surface area (Å²) in [6, 6.07) is 0.598. The van der Waals surface area contributed by atoms with E-state index < -0.39 is 15.0 Å². The van der Waals surface area contributed by atoms with Crippen molar-refractivity contribution in [3.05, 3.63) is 0 Å². The summed E-state index contributed by atoms with van der Waals surface area (Å²) in [5, 5.41) is 0. The Labute approximate surface area is 92.0 Å². The fourth-order valence-electron chi connectivity index (χ4n) is 1.07. The Kier molecular flexibility index (Phi) is 7.36. The van der Waals surface area contributed by atoms with Gasteiger partial charge in [-0.15, -0.1) is 0 Å². The highest BCUT2D eigenvalue weighted by Gasteiger charge is 2.42. The van der Waals surface area contributed by atoms with Crippen LogP contribution in [-0.4, -0.2) is 35.8 Å². The van der Waals surface area contributed by atoms with Gasteiger partial charge in [0.15, 0.2) is 0 Å². The zero-order valence-electron chi connectivity index (χ0n) is 9.87. The van der Waals surface area contributed by atoms with Gasteiger partial charge in [-0.3, -0.25) is 0 Å². The summed E-state index contributed by atoms with van der Waals surface area (Å²) in [6.07, 6.45) is 0.882. The maximum Gasteiger partial charge on any atom is 0.569 e. The average molecular weight is 236 g/mol. The quantitative estimate of drug-likeness (QED) is 0.501. The molecule has 0 atom stereocenters. The lowest BCUT2D eigenvalue weighted by atomic mass is 10.5. The van der Waals surface area contributed by atoms with Gasteiger partial charge in [0, 0.05) is 20.3 Å². The highest BCUT2D eigenvalue weighted by molar-refractivity contribution is 6.62. The molecule has 0 heterocycles. The van der Waals surface area contributed by atoms with Crippen LogP contribution in [0.4, 0.5) is 4.79 Å². The summed E-state index contributed by atoms with van der Waals surface area (Å²) < 4.78 is 20.3. The first-order valence-electron chi connectivity index (χ1n) is 5.10. The summed E-state index contributed by atoms with van der Waals surface area (Å²) in [6.45, 7) is 4.24. The van der Waals surface area contributed by atoms with E-state index in [1.807, 2.05) is 13.8 Å². The molecular formula is C9H20O5Si. The molecule has 0 aromatic heterocycles. The Bertz CT molecular complexity index is 181. The minimum absolute atomic E-state index is 0.350. The number of hydrogen-bond donors (Lipinski definition) is 0. The Morgan fingerprint density at radius 2 is 1.73 bits per heavy atom. The van der Waals surface area contributed by atoms with Crippen molar-refractivity contribution in [2.45, 2.75) is 32.7 Å². The van der Waals surface area contributed by atoms with Gasteiger partial charge in [-0.25, -0.2) is 4.79 Å². The molecule has 0 bridgehead atoms. The van der Waals surface area contributed by atoms with Crippen molar-refractivity contribution in [3.8, 4) is 0 Å². The third-order valence-electron chi connectivity index (χ3n) is 1.84. The van der Waals surface area contributed by atoms with E-state index in [1.54, 1.807) is 0 Å². The second kappa shape index (κ2) is 7.67. The van der Waals surface area contributed by atoms with Gasteiger partial charge in [0.05, 0.1) is 6.61 Å². The Morgan fingerprint density at radius 3 is 2.13 bits per heavy atom. The van der Waals surface area contributed by atoms with Crippen LogP contribution in [0.1, 0.15) is 26.7 Å². The number of hydrogen-bond acceptors (Lipinski definition) is 5. The molecular weight excluding hydrogens is 216 g/mol. The summed E-state index contributed by atoms with van der Waals surface area (Å²) in [7, 11) is 0.138. The van der Waals surface area contributed by atoms with Crippen molar-refractivity contribution in [1.82, 2.24) is 0 Å². The molecule has 0 saturated carbocycles. The largest absolute Gasteiger partial charge is 0.569 e. The van der Waals surface area contributed by atoms with Crippen LogP contribution in [0.2, 0.25) is 6.04 Å². The van der Waals surface area contributed by atoms with Crippen LogP contribution in [0, 0.1) is 0 Å². The fourth-order valence-corrected chi connectivity index (χ4v) is 2.84. The zero-order valence-corrected chi connectivity index (χ0v) is 10.9. The van der Waals surface area contributed by atoms with Gasteiger partial charge in [0.1, 0.15) is 0 Å². The number of rotatable bonds is 7. The van der Waals surface area contributed by atoms with Gasteiger partial charge >= 0.3 is 15.0 Å². The maximum absolute atomic E-state index is 11.2. The van der Waals surface area contributed by atoms with Crippen LogP contribution in [-0.2, 0) is 18.0 Å². The molecule has 0 N–H and O–H groups in total. The van der Waals surface area contributed by atoms with E-state index in [0.29, 0.717) is 12.7 Å². The lowest BCUT2D eigenvalue weighted by molar-refractivity contribution is 0.0560. The second-order valence-electron chi connectivity index (χ2n) is 3.04. The van der Waals surface area contributed by atoms with Gasteiger partial charge < -0.3 is 18.0 Å². The standard InChI is InChI=1S/C9H20O5Si/c1-5-7-13-9(10)14-15(11-3,12-4)8-6-2/h5-8H2,1-4H3. The van der Waals surface area contributed by atoms with Crippen LogP contribution in [0.5, 0.6) is 0 Å². The number of ether oxygens (including phenoxy) is 1. The van der Waals surface area contributed by atoms with Gasteiger partial charge in [-0.05, 0) is 6.42 Å². The highest BCUT2D eigenvalue weighted by atomic mass is 28.4. The summed E-state index contributed by atoms with van der Waals surface area (Å²) in [5.74, 6) is 0. The SMILES string of the molecule is CCCOC(=O)O[Si](CCC)(OC)OC. The lowest BCUT2D eigenvalue weighted by Gasteiger charge is -2.24. The molecule has 0 rings (SSSR count). The summed E-state index contributed by atoms with van der Waals surface area (Å²) in [5.41, 5.74) is 0. The lowest BCUT2D eigenvalue weighted by Crippen LogP contribution is -2.45. The van der Waals surface area contributed by atoms with Crippen molar-refractivity contribution < 1.29 is 22.8 Å². The molecule has 90 valence electrons. The van der Waals surface area contributed by atoms with E-state index in [4.69, 9.17) is 18.0 Å². The van der Waals surface area contributed by atoms with Crippen molar-refractivity contribution in [2.24, 2.45) is 0 Å². The fraction of sp³-hybridized carbons (Fsp3) is 0.889. The molecule has 0 aliphatic carbocycles. The van der Waals surface area contributed by atoms with Crippen LogP contribution in [0.15, 0.2) is 0 Å². The van der Waals surface area contributed by atoms with Crippen LogP contribution in [0.3, 0.4) is 0 Å². The zero-order chi connectivity index (χ0) is 11.7. The van der Waals surface area contributed by atoms with Gasteiger partial charge in [0.2, 0.25) is 0 Å². The molecule has 0 aliphatic heterocycles. The van der Waals surface area contributed by atoms with Gasteiger partial charge in [-0.2, -0.15) is 0 Å². The molecule has 0 fully saturated rings. The van der Waals surface area contributed by atoms with E-state index in [9.17, 15) is 4.79 Å². The van der Waals surface area contributed by atoms with Crippen molar-refractivity contribution in [1.29, 1.82) is 0 Å². The summed E-state index contributed by atoms with van der Waals surface area (Å²) >= 11 is 0.